The number of rotatable bonds is 6. The molecule has 0 aliphatic rings. The molecule has 0 bridgehead atoms. The SMILES string of the molecule is C=Cc1cc2cc(C(=O)CCCCC)ccc2o1. The van der Waals surface area contributed by atoms with Crippen LogP contribution in [-0.4, -0.2) is 5.78 Å². The molecule has 1 aromatic heterocycles. The molecule has 1 heterocycles. The molecule has 0 aliphatic carbocycles. The van der Waals surface area contributed by atoms with Crippen LogP contribution in [0.5, 0.6) is 0 Å². The summed E-state index contributed by atoms with van der Waals surface area (Å²) >= 11 is 0. The maximum atomic E-state index is 12.0. The zero-order chi connectivity index (χ0) is 13.0. The fourth-order valence-electron chi connectivity index (χ4n) is 2.02. The van der Waals surface area contributed by atoms with E-state index in [4.69, 9.17) is 4.42 Å². The summed E-state index contributed by atoms with van der Waals surface area (Å²) in [7, 11) is 0. The van der Waals surface area contributed by atoms with E-state index in [1.54, 1.807) is 6.08 Å². The van der Waals surface area contributed by atoms with Crippen LogP contribution < -0.4 is 0 Å². The van der Waals surface area contributed by atoms with Gasteiger partial charge in [-0.05, 0) is 36.8 Å². The van der Waals surface area contributed by atoms with E-state index in [0.29, 0.717) is 6.42 Å². The van der Waals surface area contributed by atoms with Gasteiger partial charge in [0.15, 0.2) is 5.78 Å². The molecule has 2 aromatic rings. The summed E-state index contributed by atoms with van der Waals surface area (Å²) < 4.78 is 5.52. The van der Waals surface area contributed by atoms with Crippen LogP contribution in [0, 0.1) is 0 Å². The van der Waals surface area contributed by atoms with Gasteiger partial charge in [0.05, 0.1) is 0 Å². The first-order valence-corrected chi connectivity index (χ1v) is 6.44. The van der Waals surface area contributed by atoms with Gasteiger partial charge in [-0.1, -0.05) is 26.3 Å². The van der Waals surface area contributed by atoms with Crippen molar-refractivity contribution in [1.29, 1.82) is 0 Å². The molecular weight excluding hydrogens is 224 g/mol. The number of benzene rings is 1. The molecule has 18 heavy (non-hydrogen) atoms. The third-order valence-corrected chi connectivity index (χ3v) is 3.07. The first-order valence-electron chi connectivity index (χ1n) is 6.44. The Morgan fingerprint density at radius 1 is 1.33 bits per heavy atom. The third-order valence-electron chi connectivity index (χ3n) is 3.07. The lowest BCUT2D eigenvalue weighted by Crippen LogP contribution is -1.98. The molecule has 0 fully saturated rings. The highest BCUT2D eigenvalue weighted by Gasteiger charge is 2.08. The van der Waals surface area contributed by atoms with Crippen LogP contribution in [0.15, 0.2) is 35.3 Å². The Labute approximate surface area is 107 Å². The summed E-state index contributed by atoms with van der Waals surface area (Å²) in [5, 5.41) is 0.964. The standard InChI is InChI=1S/C16H18O2/c1-3-5-6-7-15(17)12-8-9-16-13(10-12)11-14(4-2)18-16/h4,8-11H,2-3,5-7H2,1H3. The highest BCUT2D eigenvalue weighted by atomic mass is 16.3. The summed E-state index contributed by atoms with van der Waals surface area (Å²) in [6.07, 6.45) is 5.52. The zero-order valence-electron chi connectivity index (χ0n) is 10.7. The van der Waals surface area contributed by atoms with Gasteiger partial charge in [0, 0.05) is 17.4 Å². The van der Waals surface area contributed by atoms with E-state index in [2.05, 4.69) is 13.5 Å². The minimum Gasteiger partial charge on any atom is -0.457 e. The van der Waals surface area contributed by atoms with Gasteiger partial charge < -0.3 is 4.42 Å². The van der Waals surface area contributed by atoms with E-state index in [0.717, 1.165) is 41.6 Å². The van der Waals surface area contributed by atoms with Crippen molar-refractivity contribution in [2.75, 3.05) is 0 Å². The van der Waals surface area contributed by atoms with E-state index in [1.165, 1.54) is 0 Å². The van der Waals surface area contributed by atoms with Crippen LogP contribution in [-0.2, 0) is 0 Å². The summed E-state index contributed by atoms with van der Waals surface area (Å²) in [6, 6.07) is 7.51. The van der Waals surface area contributed by atoms with Gasteiger partial charge in [0.25, 0.3) is 0 Å². The molecule has 0 spiro atoms. The number of carbonyl (C=O) groups excluding carboxylic acids is 1. The number of carbonyl (C=O) groups is 1. The molecule has 2 heteroatoms. The molecule has 0 radical (unpaired) electrons. The van der Waals surface area contributed by atoms with Crippen molar-refractivity contribution in [3.05, 3.63) is 42.2 Å². The summed E-state index contributed by atoms with van der Waals surface area (Å²) in [5.74, 6) is 0.951. The summed E-state index contributed by atoms with van der Waals surface area (Å²) in [6.45, 7) is 5.81. The quantitative estimate of drug-likeness (QED) is 0.536. The van der Waals surface area contributed by atoms with Gasteiger partial charge in [0.1, 0.15) is 11.3 Å². The van der Waals surface area contributed by atoms with Crippen LogP contribution in [0.4, 0.5) is 0 Å². The lowest BCUT2D eigenvalue weighted by Gasteiger charge is -2.00. The van der Waals surface area contributed by atoms with Crippen molar-refractivity contribution in [3.63, 3.8) is 0 Å². The maximum absolute atomic E-state index is 12.0. The molecular formula is C16H18O2. The Balaban J connectivity index is 2.18. The van der Waals surface area contributed by atoms with Gasteiger partial charge in [-0.2, -0.15) is 0 Å². The Kier molecular flexibility index (Phi) is 3.98. The number of hydrogen-bond donors (Lipinski definition) is 0. The van der Waals surface area contributed by atoms with Crippen LogP contribution in [0.2, 0.25) is 0 Å². The van der Waals surface area contributed by atoms with E-state index in [1.807, 2.05) is 24.3 Å². The summed E-state index contributed by atoms with van der Waals surface area (Å²) in [5.41, 5.74) is 1.57. The molecule has 2 rings (SSSR count). The topological polar surface area (TPSA) is 30.2 Å². The van der Waals surface area contributed by atoms with Gasteiger partial charge >= 0.3 is 0 Å². The highest BCUT2D eigenvalue weighted by molar-refractivity contribution is 5.99. The normalized spacial score (nSPS) is 10.7. The molecule has 0 unspecified atom stereocenters. The lowest BCUT2D eigenvalue weighted by molar-refractivity contribution is 0.0979. The van der Waals surface area contributed by atoms with Crippen LogP contribution in [0.1, 0.15) is 48.7 Å². The van der Waals surface area contributed by atoms with Gasteiger partial charge in [-0.15, -0.1) is 0 Å². The maximum Gasteiger partial charge on any atom is 0.162 e. The fraction of sp³-hybridized carbons (Fsp3) is 0.312. The van der Waals surface area contributed by atoms with Crippen molar-refractivity contribution in [2.24, 2.45) is 0 Å². The molecule has 2 nitrogen and oxygen atoms in total. The average molecular weight is 242 g/mol. The van der Waals surface area contributed by atoms with E-state index in [9.17, 15) is 4.79 Å². The number of hydrogen-bond acceptors (Lipinski definition) is 2. The first kappa shape index (κ1) is 12.6. The minimum absolute atomic E-state index is 0.215. The number of fused-ring (bicyclic) bond motifs is 1. The second-order valence-electron chi connectivity index (χ2n) is 4.49. The predicted octanol–water partition coefficient (Wildman–Crippen LogP) is 4.84. The zero-order valence-corrected chi connectivity index (χ0v) is 10.7. The first-order chi connectivity index (χ1) is 8.74. The molecule has 0 amide bonds. The van der Waals surface area contributed by atoms with Crippen LogP contribution >= 0.6 is 0 Å². The largest absolute Gasteiger partial charge is 0.457 e. The Hall–Kier alpha value is -1.83. The van der Waals surface area contributed by atoms with Crippen molar-refractivity contribution in [1.82, 2.24) is 0 Å². The van der Waals surface area contributed by atoms with Crippen molar-refractivity contribution in [3.8, 4) is 0 Å². The van der Waals surface area contributed by atoms with Gasteiger partial charge in [-0.25, -0.2) is 0 Å². The summed E-state index contributed by atoms with van der Waals surface area (Å²) in [4.78, 5) is 12.0. The molecule has 0 saturated carbocycles. The van der Waals surface area contributed by atoms with E-state index >= 15 is 0 Å². The van der Waals surface area contributed by atoms with Crippen molar-refractivity contribution in [2.45, 2.75) is 32.6 Å². The van der Waals surface area contributed by atoms with Crippen molar-refractivity contribution >= 4 is 22.8 Å². The molecule has 1 aromatic carbocycles. The second-order valence-corrected chi connectivity index (χ2v) is 4.49. The Morgan fingerprint density at radius 2 is 2.17 bits per heavy atom. The van der Waals surface area contributed by atoms with E-state index in [-0.39, 0.29) is 5.78 Å². The number of Topliss-reactive ketones (excluding diaryl/α,β-unsaturated/α-hetero) is 1. The second kappa shape index (κ2) is 5.67. The van der Waals surface area contributed by atoms with Crippen LogP contribution in [0.25, 0.3) is 17.0 Å². The monoisotopic (exact) mass is 242 g/mol. The lowest BCUT2D eigenvalue weighted by atomic mass is 10.0. The molecule has 0 N–H and O–H groups in total. The minimum atomic E-state index is 0.215. The smallest absolute Gasteiger partial charge is 0.162 e. The highest BCUT2D eigenvalue weighted by Crippen LogP contribution is 2.22. The third kappa shape index (κ3) is 2.70. The molecule has 0 aliphatic heterocycles. The Morgan fingerprint density at radius 3 is 2.89 bits per heavy atom. The predicted molar refractivity (Wildman–Crippen MR) is 74.8 cm³/mol. The number of furan rings is 1. The van der Waals surface area contributed by atoms with Crippen molar-refractivity contribution < 1.29 is 9.21 Å². The number of ketones is 1. The van der Waals surface area contributed by atoms with Gasteiger partial charge in [-0.3, -0.25) is 4.79 Å². The fourth-order valence-corrected chi connectivity index (χ4v) is 2.02. The van der Waals surface area contributed by atoms with E-state index < -0.39 is 0 Å². The van der Waals surface area contributed by atoms with Crippen LogP contribution in [0.3, 0.4) is 0 Å². The van der Waals surface area contributed by atoms with Gasteiger partial charge in [0.2, 0.25) is 0 Å². The molecule has 94 valence electrons. The Bertz CT molecular complexity index is 563. The molecule has 0 atom stereocenters. The number of unbranched alkanes of at least 4 members (excludes halogenated alkanes) is 2. The average Bonchev–Trinajstić information content (AvgIpc) is 2.80. The molecule has 0 saturated heterocycles.